The minimum absolute atomic E-state index is 0.0561. The summed E-state index contributed by atoms with van der Waals surface area (Å²) in [5, 5.41) is 3.96. The lowest BCUT2D eigenvalue weighted by atomic mass is 9.84. The van der Waals surface area contributed by atoms with Crippen molar-refractivity contribution in [3.63, 3.8) is 0 Å². The van der Waals surface area contributed by atoms with E-state index in [1.54, 1.807) is 22.4 Å². The predicted molar refractivity (Wildman–Crippen MR) is 147 cm³/mol. The Hall–Kier alpha value is -4.52. The van der Waals surface area contributed by atoms with Gasteiger partial charge in [0.25, 0.3) is 0 Å². The summed E-state index contributed by atoms with van der Waals surface area (Å²) in [6, 6.07) is 22.0. The lowest BCUT2D eigenvalue weighted by Crippen LogP contribution is -2.35. The second-order valence-corrected chi connectivity index (χ2v) is 9.93. The molecule has 0 saturated carbocycles. The molecule has 3 heterocycles. The fourth-order valence-corrected chi connectivity index (χ4v) is 4.48. The zero-order valence-corrected chi connectivity index (χ0v) is 21.4. The number of carbonyl (C=O) groups excluding carboxylic acids is 1. The molecule has 1 amide bonds. The molecule has 5 rings (SSSR count). The first kappa shape index (κ1) is 24.2. The van der Waals surface area contributed by atoms with Crippen LogP contribution in [0.15, 0.2) is 90.1 Å². The number of imidazole rings is 1. The zero-order chi connectivity index (χ0) is 26.2. The first-order valence-electron chi connectivity index (χ1n) is 12.2. The molecular formula is C30H29N5O2. The minimum Gasteiger partial charge on any atom is -0.355 e. The maximum atomic E-state index is 13.2. The van der Waals surface area contributed by atoms with Crippen molar-refractivity contribution < 1.29 is 4.79 Å². The molecule has 0 aliphatic heterocycles. The van der Waals surface area contributed by atoms with E-state index in [2.05, 4.69) is 35.2 Å². The van der Waals surface area contributed by atoms with Crippen LogP contribution in [0.25, 0.3) is 39.1 Å². The van der Waals surface area contributed by atoms with Gasteiger partial charge in [-0.15, -0.1) is 0 Å². The van der Waals surface area contributed by atoms with Gasteiger partial charge in [0.05, 0.1) is 22.6 Å². The number of benzene rings is 2. The number of carbonyl (C=O) groups is 1. The van der Waals surface area contributed by atoms with E-state index >= 15 is 0 Å². The Morgan fingerprint density at radius 3 is 2.49 bits per heavy atom. The first-order chi connectivity index (χ1) is 17.7. The predicted octanol–water partition coefficient (Wildman–Crippen LogP) is 4.87. The van der Waals surface area contributed by atoms with Crippen LogP contribution in [0.1, 0.15) is 26.3 Å². The van der Waals surface area contributed by atoms with Gasteiger partial charge in [0, 0.05) is 55.5 Å². The van der Waals surface area contributed by atoms with Gasteiger partial charge in [-0.2, -0.15) is 0 Å². The lowest BCUT2D eigenvalue weighted by molar-refractivity contribution is -0.119. The summed E-state index contributed by atoms with van der Waals surface area (Å²) >= 11 is 0. The highest BCUT2D eigenvalue weighted by Crippen LogP contribution is 2.28. The van der Waals surface area contributed by atoms with Gasteiger partial charge in [-0.1, -0.05) is 44.2 Å². The molecule has 1 N–H and O–H groups in total. The van der Waals surface area contributed by atoms with Crippen molar-refractivity contribution in [1.82, 2.24) is 24.4 Å². The summed E-state index contributed by atoms with van der Waals surface area (Å²) < 4.78 is 3.24. The molecule has 3 aromatic heterocycles. The van der Waals surface area contributed by atoms with Gasteiger partial charge in [-0.05, 0) is 47.5 Å². The minimum atomic E-state index is -0.252. The average Bonchev–Trinajstić information content (AvgIpc) is 3.21. The van der Waals surface area contributed by atoms with Gasteiger partial charge in [0.2, 0.25) is 5.91 Å². The summed E-state index contributed by atoms with van der Waals surface area (Å²) in [5.74, 6) is -0.0561. The molecule has 0 spiro atoms. The number of fused-ring (bicyclic) bond motifs is 1. The maximum absolute atomic E-state index is 13.2. The normalized spacial score (nSPS) is 11.6. The van der Waals surface area contributed by atoms with Crippen LogP contribution < -0.4 is 11.0 Å². The van der Waals surface area contributed by atoms with Crippen LogP contribution in [0, 0.1) is 0 Å². The van der Waals surface area contributed by atoms with Crippen LogP contribution in [0.2, 0.25) is 0 Å². The van der Waals surface area contributed by atoms with Crippen LogP contribution in [-0.4, -0.2) is 31.6 Å². The van der Waals surface area contributed by atoms with Crippen molar-refractivity contribution in [2.75, 3.05) is 6.54 Å². The second-order valence-electron chi connectivity index (χ2n) is 9.93. The van der Waals surface area contributed by atoms with Gasteiger partial charge in [-0.25, -0.2) is 4.79 Å². The third-order valence-corrected chi connectivity index (χ3v) is 6.68. The highest BCUT2D eigenvalue weighted by molar-refractivity contribution is 5.84. The number of hydrogen-bond acceptors (Lipinski definition) is 4. The molecule has 0 aliphatic carbocycles. The zero-order valence-electron chi connectivity index (χ0n) is 21.4. The largest absolute Gasteiger partial charge is 0.355 e. The summed E-state index contributed by atoms with van der Waals surface area (Å²) in [4.78, 5) is 33.7. The summed E-state index contributed by atoms with van der Waals surface area (Å²) in [6.45, 7) is 6.20. The molecule has 0 saturated heterocycles. The molecule has 186 valence electrons. The number of hydrogen-bond donors (Lipinski definition) is 1. The summed E-state index contributed by atoms with van der Waals surface area (Å²) in [6.07, 6.45) is 5.43. The van der Waals surface area contributed by atoms with E-state index in [1.165, 1.54) is 6.92 Å². The molecule has 0 fully saturated rings. The lowest BCUT2D eigenvalue weighted by Gasteiger charge is -2.25. The second kappa shape index (κ2) is 9.50. The SMILES string of the molecule is CC(=O)NCC(C)(C)c1ccc(-n2c(-c3cc(-c4cnc5ccccc5c4)ccn3)cn(C)c2=O)cc1. The summed E-state index contributed by atoms with van der Waals surface area (Å²) in [7, 11) is 1.74. The quantitative estimate of drug-likeness (QED) is 0.368. The highest BCUT2D eigenvalue weighted by Gasteiger charge is 2.22. The Kier molecular flexibility index (Phi) is 6.21. The van der Waals surface area contributed by atoms with Crippen LogP contribution in [0.3, 0.4) is 0 Å². The van der Waals surface area contributed by atoms with E-state index in [0.717, 1.165) is 33.3 Å². The summed E-state index contributed by atoms with van der Waals surface area (Å²) in [5.41, 5.74) is 5.71. The molecule has 0 bridgehead atoms. The monoisotopic (exact) mass is 491 g/mol. The smallest absolute Gasteiger partial charge is 0.333 e. The highest BCUT2D eigenvalue weighted by atomic mass is 16.2. The standard InChI is InChI=1S/C30H29N5O2/c1-20(36)33-19-30(2,3)24-9-11-25(12-10-24)35-28(18-34(4)29(35)37)27-16-21(13-14-31-27)23-15-22-7-5-6-8-26(22)32-17-23/h5-18H,19H2,1-4H3,(H,33,36). The Morgan fingerprint density at radius 2 is 1.73 bits per heavy atom. The molecule has 0 radical (unpaired) electrons. The van der Waals surface area contributed by atoms with Crippen molar-refractivity contribution in [3.8, 4) is 28.2 Å². The number of para-hydroxylation sites is 1. The van der Waals surface area contributed by atoms with Gasteiger partial charge in [-0.3, -0.25) is 19.3 Å². The van der Waals surface area contributed by atoms with Crippen molar-refractivity contribution in [3.05, 3.63) is 101 Å². The van der Waals surface area contributed by atoms with E-state index < -0.39 is 0 Å². The number of nitrogens with zero attached hydrogens (tertiary/aromatic N) is 4. The molecule has 0 atom stereocenters. The molecule has 2 aromatic carbocycles. The number of aromatic nitrogens is 4. The fraction of sp³-hybridized carbons (Fsp3) is 0.200. The van der Waals surface area contributed by atoms with E-state index in [4.69, 9.17) is 0 Å². The van der Waals surface area contributed by atoms with Crippen LogP contribution in [0.5, 0.6) is 0 Å². The van der Waals surface area contributed by atoms with E-state index in [9.17, 15) is 9.59 Å². The molecular weight excluding hydrogens is 462 g/mol. The number of rotatable bonds is 6. The van der Waals surface area contributed by atoms with Crippen molar-refractivity contribution in [2.45, 2.75) is 26.2 Å². The first-order valence-corrected chi connectivity index (χ1v) is 12.2. The van der Waals surface area contributed by atoms with Crippen LogP contribution >= 0.6 is 0 Å². The van der Waals surface area contributed by atoms with E-state index in [0.29, 0.717) is 17.9 Å². The average molecular weight is 492 g/mol. The molecule has 7 nitrogen and oxygen atoms in total. The van der Waals surface area contributed by atoms with Gasteiger partial charge in [0.1, 0.15) is 0 Å². The Morgan fingerprint density at radius 1 is 0.973 bits per heavy atom. The third kappa shape index (κ3) is 4.80. The van der Waals surface area contributed by atoms with Gasteiger partial charge >= 0.3 is 5.69 Å². The number of aryl methyl sites for hydroxylation is 1. The molecule has 5 aromatic rings. The molecule has 0 aliphatic rings. The van der Waals surface area contributed by atoms with Gasteiger partial charge < -0.3 is 9.88 Å². The number of amides is 1. The van der Waals surface area contributed by atoms with Crippen molar-refractivity contribution in [2.24, 2.45) is 7.05 Å². The van der Waals surface area contributed by atoms with Crippen molar-refractivity contribution >= 4 is 16.8 Å². The maximum Gasteiger partial charge on any atom is 0.333 e. The Balaban J connectivity index is 1.53. The van der Waals surface area contributed by atoms with Crippen molar-refractivity contribution in [1.29, 1.82) is 0 Å². The van der Waals surface area contributed by atoms with E-state index in [-0.39, 0.29) is 17.0 Å². The molecule has 7 heteroatoms. The van der Waals surface area contributed by atoms with Crippen LogP contribution in [0.4, 0.5) is 0 Å². The van der Waals surface area contributed by atoms with Crippen LogP contribution in [-0.2, 0) is 17.3 Å². The molecule has 0 unspecified atom stereocenters. The number of nitrogens with one attached hydrogen (secondary N) is 1. The van der Waals surface area contributed by atoms with E-state index in [1.807, 2.05) is 73.1 Å². The van der Waals surface area contributed by atoms with Gasteiger partial charge in [0.15, 0.2) is 0 Å². The topological polar surface area (TPSA) is 81.8 Å². The Labute approximate surface area is 215 Å². The fourth-order valence-electron chi connectivity index (χ4n) is 4.48. The Bertz CT molecular complexity index is 1660. The number of pyridine rings is 2. The third-order valence-electron chi connectivity index (χ3n) is 6.68. The molecule has 37 heavy (non-hydrogen) atoms.